The molecule has 0 N–H and O–H groups in total. The Hall–Kier alpha value is -7.02. The highest BCUT2D eigenvalue weighted by Gasteiger charge is 2.40. The van der Waals surface area contributed by atoms with Crippen LogP contribution in [0.15, 0.2) is 212 Å². The minimum atomic E-state index is 0.0749. The first-order valence-corrected chi connectivity index (χ1v) is 20.2. The van der Waals surface area contributed by atoms with Gasteiger partial charge in [-0.3, -0.25) is 0 Å². The summed E-state index contributed by atoms with van der Waals surface area (Å²) in [6.07, 6.45) is 0. The summed E-state index contributed by atoms with van der Waals surface area (Å²) in [7, 11) is 0. The Morgan fingerprint density at radius 2 is 0.596 bits per heavy atom. The van der Waals surface area contributed by atoms with Gasteiger partial charge < -0.3 is 0 Å². The topological polar surface area (TPSA) is 0 Å². The fraction of sp³-hybridized carbons (Fsp3) is 0.0526. The summed E-state index contributed by atoms with van der Waals surface area (Å²) in [6.45, 7) is 0. The van der Waals surface area contributed by atoms with Crippen LogP contribution >= 0.6 is 0 Å². The molecule has 0 saturated carbocycles. The van der Waals surface area contributed by atoms with E-state index in [9.17, 15) is 0 Å². The van der Waals surface area contributed by atoms with Crippen molar-refractivity contribution in [1.82, 2.24) is 0 Å². The molecule has 3 aliphatic carbocycles. The van der Waals surface area contributed by atoms with Crippen molar-refractivity contribution in [2.45, 2.75) is 17.8 Å². The van der Waals surface area contributed by atoms with Crippen molar-refractivity contribution >= 4 is 0 Å². The summed E-state index contributed by atoms with van der Waals surface area (Å²) in [5, 5.41) is 0. The van der Waals surface area contributed by atoms with E-state index in [1.54, 1.807) is 0 Å². The van der Waals surface area contributed by atoms with Crippen molar-refractivity contribution in [2.24, 2.45) is 0 Å². The Bertz CT molecular complexity index is 2980. The first-order valence-electron chi connectivity index (χ1n) is 20.2. The zero-order chi connectivity index (χ0) is 37.5. The van der Waals surface area contributed by atoms with Gasteiger partial charge in [-0.05, 0) is 112 Å². The highest BCUT2D eigenvalue weighted by atomic mass is 14.4. The minimum Gasteiger partial charge on any atom is -0.0622 e. The van der Waals surface area contributed by atoms with Crippen LogP contribution < -0.4 is 0 Å². The number of hydrogen-bond donors (Lipinski definition) is 0. The van der Waals surface area contributed by atoms with Crippen LogP contribution in [0.2, 0.25) is 0 Å². The molecule has 0 nitrogen and oxygen atoms in total. The molecule has 0 bridgehead atoms. The summed E-state index contributed by atoms with van der Waals surface area (Å²) in [5.74, 6) is 0.433. The van der Waals surface area contributed by atoms with Crippen LogP contribution in [0.5, 0.6) is 0 Å². The van der Waals surface area contributed by atoms with E-state index in [0.29, 0.717) is 0 Å². The van der Waals surface area contributed by atoms with Gasteiger partial charge in [0.1, 0.15) is 0 Å². The largest absolute Gasteiger partial charge is 0.0622 e. The molecular weight excluding hydrogens is 685 g/mol. The molecule has 0 saturated heterocycles. The standard InChI is InChI=1S/C57H38/c1-3-16-36(17-4-1)40-33-41(38-20-15-21-39(32-38)53-47-26-11-7-22-43(47)44-23-8-12-27-48(44)53)35-42(34-40)55-50-29-14-10-25-46(50)52-31-30-51-45-24-9-13-28-49(45)54(56(51)57(52)55)37-18-5-2-6-19-37/h1-35,53-55H. The van der Waals surface area contributed by atoms with Crippen LogP contribution in [0.3, 0.4) is 0 Å². The van der Waals surface area contributed by atoms with Crippen molar-refractivity contribution in [3.05, 3.63) is 262 Å². The fourth-order valence-corrected chi connectivity index (χ4v) is 10.6. The lowest BCUT2D eigenvalue weighted by Crippen LogP contribution is -2.08. The molecular formula is C57H38. The maximum absolute atomic E-state index is 2.50. The fourth-order valence-electron chi connectivity index (χ4n) is 10.6. The normalized spacial score (nSPS) is 15.6. The van der Waals surface area contributed by atoms with E-state index in [0.717, 1.165) is 0 Å². The van der Waals surface area contributed by atoms with E-state index >= 15 is 0 Å². The minimum absolute atomic E-state index is 0.0749. The second-order valence-corrected chi connectivity index (χ2v) is 15.9. The first-order chi connectivity index (χ1) is 28.3. The van der Waals surface area contributed by atoms with Crippen LogP contribution in [0.1, 0.15) is 67.8 Å². The van der Waals surface area contributed by atoms with E-state index in [-0.39, 0.29) is 17.8 Å². The zero-order valence-corrected chi connectivity index (χ0v) is 31.4. The molecule has 0 aliphatic heterocycles. The number of benzene rings is 9. The Kier molecular flexibility index (Phi) is 7.22. The first kappa shape index (κ1) is 32.2. The maximum Gasteiger partial charge on any atom is 0.0356 e. The van der Waals surface area contributed by atoms with E-state index in [1.807, 2.05) is 0 Å². The van der Waals surface area contributed by atoms with Gasteiger partial charge in [-0.1, -0.05) is 206 Å². The maximum atomic E-state index is 2.50. The van der Waals surface area contributed by atoms with Gasteiger partial charge in [0.25, 0.3) is 0 Å². The van der Waals surface area contributed by atoms with Gasteiger partial charge in [0.05, 0.1) is 0 Å². The molecule has 9 aromatic carbocycles. The van der Waals surface area contributed by atoms with Crippen molar-refractivity contribution in [3.63, 3.8) is 0 Å². The van der Waals surface area contributed by atoms with Gasteiger partial charge in [0.2, 0.25) is 0 Å². The van der Waals surface area contributed by atoms with Gasteiger partial charge in [-0.2, -0.15) is 0 Å². The molecule has 0 fully saturated rings. The molecule has 9 aromatic rings. The van der Waals surface area contributed by atoms with E-state index < -0.39 is 0 Å². The highest BCUT2D eigenvalue weighted by molar-refractivity contribution is 5.92. The second kappa shape index (κ2) is 12.8. The Balaban J connectivity index is 1.08. The van der Waals surface area contributed by atoms with E-state index in [4.69, 9.17) is 0 Å². The molecule has 0 radical (unpaired) electrons. The molecule has 2 atom stereocenters. The second-order valence-electron chi connectivity index (χ2n) is 15.9. The molecule has 57 heavy (non-hydrogen) atoms. The van der Waals surface area contributed by atoms with Gasteiger partial charge in [0.15, 0.2) is 0 Å². The van der Waals surface area contributed by atoms with Crippen molar-refractivity contribution in [1.29, 1.82) is 0 Å². The Labute approximate surface area is 334 Å². The highest BCUT2D eigenvalue weighted by Crippen LogP contribution is 2.58. The number of hydrogen-bond acceptors (Lipinski definition) is 0. The van der Waals surface area contributed by atoms with Gasteiger partial charge in [-0.25, -0.2) is 0 Å². The smallest absolute Gasteiger partial charge is 0.0356 e. The third-order valence-corrected chi connectivity index (χ3v) is 12.9. The Morgan fingerprint density at radius 1 is 0.211 bits per heavy atom. The van der Waals surface area contributed by atoms with Crippen LogP contribution in [-0.4, -0.2) is 0 Å². The summed E-state index contributed by atoms with van der Waals surface area (Å²) >= 11 is 0. The monoisotopic (exact) mass is 722 g/mol. The zero-order valence-electron chi connectivity index (χ0n) is 31.4. The molecule has 0 aromatic heterocycles. The molecule has 12 rings (SSSR count). The van der Waals surface area contributed by atoms with E-state index in [2.05, 4.69) is 212 Å². The quantitative estimate of drug-likeness (QED) is 0.166. The van der Waals surface area contributed by atoms with Crippen LogP contribution in [0.25, 0.3) is 55.6 Å². The van der Waals surface area contributed by atoms with Crippen LogP contribution in [0.4, 0.5) is 0 Å². The van der Waals surface area contributed by atoms with Crippen LogP contribution in [-0.2, 0) is 0 Å². The summed E-state index contributed by atoms with van der Waals surface area (Å²) in [5.41, 5.74) is 25.5. The average molecular weight is 723 g/mol. The van der Waals surface area contributed by atoms with E-state index in [1.165, 1.54) is 106 Å². The predicted octanol–water partition coefficient (Wildman–Crippen LogP) is 14.5. The lowest BCUT2D eigenvalue weighted by atomic mass is 9.79. The van der Waals surface area contributed by atoms with Crippen molar-refractivity contribution < 1.29 is 0 Å². The van der Waals surface area contributed by atoms with Gasteiger partial charge in [-0.15, -0.1) is 0 Å². The summed E-state index contributed by atoms with van der Waals surface area (Å²) in [6, 6.07) is 79.7. The molecule has 0 heterocycles. The molecule has 3 aliphatic rings. The lowest BCUT2D eigenvalue weighted by Gasteiger charge is -2.24. The van der Waals surface area contributed by atoms with Crippen molar-refractivity contribution in [3.8, 4) is 55.6 Å². The Morgan fingerprint density at radius 3 is 1.16 bits per heavy atom. The predicted molar refractivity (Wildman–Crippen MR) is 236 cm³/mol. The average Bonchev–Trinajstić information content (AvgIpc) is 3.93. The molecule has 0 amide bonds. The molecule has 2 unspecified atom stereocenters. The SMILES string of the molecule is c1ccc(-c2cc(-c3cccc(C4c5ccccc5-c5ccccc54)c3)cc(C3c4ccccc4-c4ccc5c(c43)C(c3ccccc3)c3ccccc3-5)c2)cc1. The third-order valence-electron chi connectivity index (χ3n) is 12.9. The van der Waals surface area contributed by atoms with Crippen molar-refractivity contribution in [2.75, 3.05) is 0 Å². The van der Waals surface area contributed by atoms with Gasteiger partial charge in [0, 0.05) is 17.8 Å². The summed E-state index contributed by atoms with van der Waals surface area (Å²) in [4.78, 5) is 0. The van der Waals surface area contributed by atoms with Crippen LogP contribution in [0, 0.1) is 0 Å². The lowest BCUT2D eigenvalue weighted by molar-refractivity contribution is 0.938. The number of rotatable bonds is 5. The molecule has 0 spiro atoms. The third kappa shape index (κ3) is 4.94. The number of fused-ring (bicyclic) bond motifs is 10. The molecule has 0 heteroatoms. The molecule has 266 valence electrons. The van der Waals surface area contributed by atoms with Gasteiger partial charge >= 0.3 is 0 Å². The summed E-state index contributed by atoms with van der Waals surface area (Å²) < 4.78 is 0.